The molecule has 13 heavy (non-hydrogen) atoms. The lowest BCUT2D eigenvalue weighted by molar-refractivity contribution is 0.474. The molecule has 0 aliphatic heterocycles. The van der Waals surface area contributed by atoms with Crippen molar-refractivity contribution < 1.29 is 5.11 Å². The van der Waals surface area contributed by atoms with Crippen molar-refractivity contribution in [3.05, 3.63) is 28.3 Å². The van der Waals surface area contributed by atoms with E-state index in [9.17, 15) is 5.11 Å². The van der Waals surface area contributed by atoms with Crippen molar-refractivity contribution in [1.29, 1.82) is 0 Å². The summed E-state index contributed by atoms with van der Waals surface area (Å²) in [5.74, 6) is 0.661. The topological polar surface area (TPSA) is 20.2 Å². The fourth-order valence-corrected chi connectivity index (χ4v) is 2.05. The molecule has 1 rings (SSSR count). The molecule has 1 N–H and O–H groups in total. The molecule has 0 heterocycles. The van der Waals surface area contributed by atoms with Crippen molar-refractivity contribution in [2.45, 2.75) is 33.1 Å². The maximum absolute atomic E-state index is 9.35. The van der Waals surface area contributed by atoms with Gasteiger partial charge in [0.25, 0.3) is 0 Å². The zero-order valence-corrected chi connectivity index (χ0v) is 9.02. The van der Waals surface area contributed by atoms with Crippen molar-refractivity contribution in [3.63, 3.8) is 0 Å². The molecule has 1 aromatic carbocycles. The number of hydrogen-bond acceptors (Lipinski definition) is 1. The molecular formula is C11H15ClO. The van der Waals surface area contributed by atoms with Gasteiger partial charge in [-0.25, -0.2) is 0 Å². The van der Waals surface area contributed by atoms with Crippen LogP contribution >= 0.6 is 11.6 Å². The third-order valence-electron chi connectivity index (χ3n) is 2.16. The van der Waals surface area contributed by atoms with E-state index in [0.29, 0.717) is 10.9 Å². The summed E-state index contributed by atoms with van der Waals surface area (Å²) < 4.78 is 0. The molecule has 0 saturated heterocycles. The molecule has 0 aliphatic carbocycles. The van der Waals surface area contributed by atoms with Gasteiger partial charge in [-0.1, -0.05) is 32.4 Å². The van der Waals surface area contributed by atoms with Gasteiger partial charge in [-0.15, -0.1) is 0 Å². The second kappa shape index (κ2) is 4.01. The number of phenols is 1. The molecule has 72 valence electrons. The van der Waals surface area contributed by atoms with E-state index < -0.39 is 0 Å². The molecule has 1 nitrogen and oxygen atoms in total. The first-order valence-corrected chi connectivity index (χ1v) is 4.95. The van der Waals surface area contributed by atoms with E-state index in [4.69, 9.17) is 11.6 Å². The molecule has 0 bridgehead atoms. The lowest BCUT2D eigenvalue weighted by Crippen LogP contribution is -1.96. The number of aromatic hydroxyl groups is 1. The number of phenolic OH excluding ortho intramolecular Hbond substituents is 1. The van der Waals surface area contributed by atoms with E-state index in [1.54, 1.807) is 12.1 Å². The van der Waals surface area contributed by atoms with Crippen LogP contribution < -0.4 is 0 Å². The number of rotatable bonds is 2. The minimum Gasteiger partial charge on any atom is -0.508 e. The van der Waals surface area contributed by atoms with Gasteiger partial charge in [0.2, 0.25) is 0 Å². The molecular weight excluding hydrogens is 184 g/mol. The molecule has 0 atom stereocenters. The molecule has 0 saturated carbocycles. The molecule has 0 radical (unpaired) electrons. The average molecular weight is 199 g/mol. The van der Waals surface area contributed by atoms with Gasteiger partial charge in [0.1, 0.15) is 5.75 Å². The van der Waals surface area contributed by atoms with E-state index in [1.807, 2.05) is 0 Å². The Kier molecular flexibility index (Phi) is 3.21. The highest BCUT2D eigenvalue weighted by Gasteiger charge is 2.11. The fraction of sp³-hybridized carbons (Fsp3) is 0.455. The van der Waals surface area contributed by atoms with E-state index in [2.05, 4.69) is 20.8 Å². The summed E-state index contributed by atoms with van der Waals surface area (Å²) in [4.78, 5) is 0. The molecule has 0 spiro atoms. The van der Waals surface area contributed by atoms with Crippen LogP contribution in [-0.2, 0) is 6.42 Å². The second-order valence-corrected chi connectivity index (χ2v) is 3.92. The Balaban J connectivity index is 3.30. The molecule has 2 heteroatoms. The Morgan fingerprint density at radius 2 is 2.00 bits per heavy atom. The summed E-state index contributed by atoms with van der Waals surface area (Å²) in [5, 5.41) is 10.0. The maximum atomic E-state index is 9.35. The summed E-state index contributed by atoms with van der Waals surface area (Å²) in [5.41, 5.74) is 2.29. The molecule has 0 unspecified atom stereocenters. The van der Waals surface area contributed by atoms with Crippen molar-refractivity contribution in [2.24, 2.45) is 0 Å². The minimum atomic E-state index is 0.256. The van der Waals surface area contributed by atoms with Gasteiger partial charge in [0.15, 0.2) is 0 Å². The highest BCUT2D eigenvalue weighted by Crippen LogP contribution is 2.31. The van der Waals surface area contributed by atoms with Crippen LogP contribution in [0.4, 0.5) is 0 Å². The monoisotopic (exact) mass is 198 g/mol. The third kappa shape index (κ3) is 2.16. The average Bonchev–Trinajstić information content (AvgIpc) is 2.01. The van der Waals surface area contributed by atoms with E-state index in [0.717, 1.165) is 17.5 Å². The molecule has 1 aromatic rings. The van der Waals surface area contributed by atoms with Crippen LogP contribution in [0, 0.1) is 0 Å². The summed E-state index contributed by atoms with van der Waals surface area (Å²) in [7, 11) is 0. The van der Waals surface area contributed by atoms with Crippen LogP contribution in [0.3, 0.4) is 0 Å². The van der Waals surface area contributed by atoms with Crippen LogP contribution in [0.5, 0.6) is 5.75 Å². The van der Waals surface area contributed by atoms with E-state index in [1.165, 1.54) is 0 Å². The predicted octanol–water partition coefficient (Wildman–Crippen LogP) is 3.73. The second-order valence-electron chi connectivity index (χ2n) is 3.51. The first-order chi connectivity index (χ1) is 6.06. The lowest BCUT2D eigenvalue weighted by atomic mass is 9.95. The van der Waals surface area contributed by atoms with Crippen molar-refractivity contribution in [1.82, 2.24) is 0 Å². The van der Waals surface area contributed by atoms with Crippen LogP contribution in [0.25, 0.3) is 0 Å². The quantitative estimate of drug-likeness (QED) is 0.768. The standard InChI is InChI=1S/C11H15ClO/c1-4-8-5-9(13)6-10(12)11(8)7(2)3/h5-7,13H,4H2,1-3H3. The smallest absolute Gasteiger partial charge is 0.117 e. The number of benzene rings is 1. The van der Waals surface area contributed by atoms with Crippen LogP contribution in [0.15, 0.2) is 12.1 Å². The first-order valence-electron chi connectivity index (χ1n) is 4.57. The zero-order valence-electron chi connectivity index (χ0n) is 8.26. The minimum absolute atomic E-state index is 0.256. The van der Waals surface area contributed by atoms with Gasteiger partial charge >= 0.3 is 0 Å². The van der Waals surface area contributed by atoms with E-state index in [-0.39, 0.29) is 5.75 Å². The highest BCUT2D eigenvalue weighted by molar-refractivity contribution is 6.31. The molecule has 0 aromatic heterocycles. The Morgan fingerprint density at radius 1 is 1.38 bits per heavy atom. The van der Waals surface area contributed by atoms with Gasteiger partial charge in [0, 0.05) is 5.02 Å². The van der Waals surface area contributed by atoms with Gasteiger partial charge in [0.05, 0.1) is 0 Å². The number of hydrogen-bond donors (Lipinski definition) is 1. The lowest BCUT2D eigenvalue weighted by Gasteiger charge is -2.13. The fourth-order valence-electron chi connectivity index (χ4n) is 1.60. The van der Waals surface area contributed by atoms with Crippen LogP contribution in [0.1, 0.15) is 37.8 Å². The number of halogens is 1. The highest BCUT2D eigenvalue weighted by atomic mass is 35.5. The molecule has 0 fully saturated rings. The zero-order chi connectivity index (χ0) is 10.0. The van der Waals surface area contributed by atoms with Crippen LogP contribution in [-0.4, -0.2) is 5.11 Å². The molecule has 0 amide bonds. The number of aryl methyl sites for hydroxylation is 1. The summed E-state index contributed by atoms with van der Waals surface area (Å²) in [6.07, 6.45) is 0.904. The Bertz CT molecular complexity index is 305. The third-order valence-corrected chi connectivity index (χ3v) is 2.47. The first kappa shape index (κ1) is 10.4. The normalized spacial score (nSPS) is 10.8. The Morgan fingerprint density at radius 3 is 2.46 bits per heavy atom. The van der Waals surface area contributed by atoms with Gasteiger partial charge in [-0.2, -0.15) is 0 Å². The van der Waals surface area contributed by atoms with Gasteiger partial charge in [-0.3, -0.25) is 0 Å². The SMILES string of the molecule is CCc1cc(O)cc(Cl)c1C(C)C. The Hall–Kier alpha value is -0.690. The van der Waals surface area contributed by atoms with Gasteiger partial charge < -0.3 is 5.11 Å². The van der Waals surface area contributed by atoms with Crippen molar-refractivity contribution in [2.75, 3.05) is 0 Å². The van der Waals surface area contributed by atoms with E-state index >= 15 is 0 Å². The van der Waals surface area contributed by atoms with Crippen LogP contribution in [0.2, 0.25) is 5.02 Å². The predicted molar refractivity (Wildman–Crippen MR) is 56.6 cm³/mol. The summed E-state index contributed by atoms with van der Waals surface area (Å²) in [6.45, 7) is 6.28. The Labute approximate surface area is 84.4 Å². The van der Waals surface area contributed by atoms with Crippen molar-refractivity contribution >= 4 is 11.6 Å². The largest absolute Gasteiger partial charge is 0.508 e. The summed E-state index contributed by atoms with van der Waals surface area (Å²) in [6, 6.07) is 3.40. The molecule has 0 aliphatic rings. The van der Waals surface area contributed by atoms with Gasteiger partial charge in [-0.05, 0) is 35.6 Å². The summed E-state index contributed by atoms with van der Waals surface area (Å²) >= 11 is 6.05. The maximum Gasteiger partial charge on any atom is 0.117 e. The van der Waals surface area contributed by atoms with Crippen molar-refractivity contribution in [3.8, 4) is 5.75 Å².